The molecule has 1 unspecified atom stereocenters. The monoisotopic (exact) mass is 1160 g/mol. The van der Waals surface area contributed by atoms with E-state index >= 15 is 0 Å². The topological polar surface area (TPSA) is 217 Å². The van der Waals surface area contributed by atoms with E-state index in [4.69, 9.17) is 19.7 Å². The quantitative estimate of drug-likeness (QED) is 0.0253. The normalized spacial score (nSPS) is 10.9. The Morgan fingerprint density at radius 2 is 0.747 bits per heavy atom. The number of rotatable bonds is 56. The van der Waals surface area contributed by atoms with Crippen LogP contribution in [0.25, 0.3) is 0 Å². The maximum absolute atomic E-state index is 13.4. The first-order valence-electron chi connectivity index (χ1n) is 32.6. The van der Waals surface area contributed by atoms with Crippen molar-refractivity contribution in [1.29, 1.82) is 0 Å². The van der Waals surface area contributed by atoms with Gasteiger partial charge in [0.2, 0.25) is 11.8 Å². The molecule has 0 aliphatic carbocycles. The number of hydrogen-bond acceptors (Lipinski definition) is 10. The van der Waals surface area contributed by atoms with Gasteiger partial charge in [0.05, 0.1) is 26.2 Å². The van der Waals surface area contributed by atoms with E-state index in [-0.39, 0.29) is 89.2 Å². The first kappa shape index (κ1) is 77.5. The van der Waals surface area contributed by atoms with Crippen LogP contribution in [0.4, 0.5) is 0 Å². The van der Waals surface area contributed by atoms with Crippen LogP contribution >= 0.6 is 0 Å². The third kappa shape index (κ3) is 55.4. The summed E-state index contributed by atoms with van der Waals surface area (Å²) >= 11 is 0. The summed E-state index contributed by atoms with van der Waals surface area (Å²) in [5.41, 5.74) is 0. The SMILES string of the molecule is CCCCCCCCCCCCC#CC#CCCCCCCCCC(=O)OCCN(CCOC(=O)CCCCCCCCC#CC#CCCCCCCCCCCCC)C(=O)CCC(=O)NCCCCC(C(=O)O)N(CC(=O)O)CC(=O)O. The second-order valence-electron chi connectivity index (χ2n) is 22.0. The van der Waals surface area contributed by atoms with Crippen molar-refractivity contribution in [3.05, 3.63) is 0 Å². The minimum absolute atomic E-state index is 0.0336. The number of ether oxygens (including phenoxy) is 2. The molecule has 0 fully saturated rings. The van der Waals surface area contributed by atoms with E-state index in [0.29, 0.717) is 19.3 Å². The molecule has 0 aromatic carbocycles. The van der Waals surface area contributed by atoms with Crippen molar-refractivity contribution in [2.75, 3.05) is 45.9 Å². The highest BCUT2D eigenvalue weighted by atomic mass is 16.5. The van der Waals surface area contributed by atoms with Crippen LogP contribution < -0.4 is 5.32 Å². The molecule has 0 aliphatic heterocycles. The number of nitrogens with zero attached hydrogens (tertiary/aromatic N) is 2. The van der Waals surface area contributed by atoms with Crippen molar-refractivity contribution in [3.63, 3.8) is 0 Å². The van der Waals surface area contributed by atoms with E-state index in [0.717, 1.165) is 108 Å². The highest BCUT2D eigenvalue weighted by Crippen LogP contribution is 2.15. The Hall–Kier alpha value is -5.51. The molecule has 0 bridgehead atoms. The molecule has 15 nitrogen and oxygen atoms in total. The Bertz CT molecular complexity index is 1870. The molecule has 1 atom stereocenters. The molecule has 0 heterocycles. The number of aliphatic carboxylic acids is 3. The smallest absolute Gasteiger partial charge is 0.320 e. The first-order valence-corrected chi connectivity index (χ1v) is 32.6. The van der Waals surface area contributed by atoms with Crippen molar-refractivity contribution in [2.24, 2.45) is 0 Å². The van der Waals surface area contributed by atoms with Gasteiger partial charge in [0.25, 0.3) is 0 Å². The highest BCUT2D eigenvalue weighted by Gasteiger charge is 2.28. The molecule has 0 spiro atoms. The molecule has 470 valence electrons. The van der Waals surface area contributed by atoms with Gasteiger partial charge in [-0.25, -0.2) is 0 Å². The van der Waals surface area contributed by atoms with Gasteiger partial charge in [-0.15, -0.1) is 0 Å². The van der Waals surface area contributed by atoms with E-state index in [1.54, 1.807) is 0 Å². The maximum Gasteiger partial charge on any atom is 0.320 e. The van der Waals surface area contributed by atoms with Crippen LogP contribution in [0.5, 0.6) is 0 Å². The lowest BCUT2D eigenvalue weighted by atomic mass is 10.1. The van der Waals surface area contributed by atoms with Gasteiger partial charge in [0.1, 0.15) is 19.3 Å². The summed E-state index contributed by atoms with van der Waals surface area (Å²) in [6.07, 6.45) is 42.2. The Balaban J connectivity index is 4.70. The molecule has 0 radical (unpaired) electrons. The van der Waals surface area contributed by atoms with Gasteiger partial charge >= 0.3 is 29.8 Å². The highest BCUT2D eigenvalue weighted by molar-refractivity contribution is 5.84. The predicted octanol–water partition coefficient (Wildman–Crippen LogP) is 13.8. The first-order chi connectivity index (χ1) is 40.4. The van der Waals surface area contributed by atoms with Crippen molar-refractivity contribution >= 4 is 41.7 Å². The van der Waals surface area contributed by atoms with Gasteiger partial charge < -0.3 is 35.0 Å². The third-order valence-corrected chi connectivity index (χ3v) is 14.5. The number of carbonyl (C=O) groups excluding carboxylic acids is 4. The molecule has 0 rings (SSSR count). The summed E-state index contributed by atoms with van der Waals surface area (Å²) in [5, 5.41) is 30.6. The average molecular weight is 1160 g/mol. The van der Waals surface area contributed by atoms with Crippen molar-refractivity contribution < 1.29 is 58.4 Å². The van der Waals surface area contributed by atoms with Crippen LogP contribution in [-0.4, -0.2) is 119 Å². The molecule has 15 heteroatoms. The Morgan fingerprint density at radius 3 is 1.08 bits per heavy atom. The summed E-state index contributed by atoms with van der Waals surface area (Å²) in [5.74, 6) is 19.1. The summed E-state index contributed by atoms with van der Waals surface area (Å²) in [6, 6.07) is -1.34. The number of esters is 2. The van der Waals surface area contributed by atoms with Crippen molar-refractivity contribution in [2.45, 2.75) is 296 Å². The lowest BCUT2D eigenvalue weighted by Gasteiger charge is -2.25. The van der Waals surface area contributed by atoms with Crippen LogP contribution in [0.3, 0.4) is 0 Å². The van der Waals surface area contributed by atoms with Crippen molar-refractivity contribution in [3.8, 4) is 47.4 Å². The molecule has 0 saturated carbocycles. The molecule has 0 aromatic heterocycles. The van der Waals surface area contributed by atoms with Crippen LogP contribution in [0.1, 0.15) is 290 Å². The molecule has 0 saturated heterocycles. The summed E-state index contributed by atoms with van der Waals surface area (Å²) in [4.78, 5) is 87.9. The van der Waals surface area contributed by atoms with E-state index < -0.39 is 42.9 Å². The largest absolute Gasteiger partial charge is 0.480 e. The van der Waals surface area contributed by atoms with Crippen LogP contribution in [0.15, 0.2) is 0 Å². The van der Waals surface area contributed by atoms with Gasteiger partial charge in [-0.3, -0.25) is 38.5 Å². The van der Waals surface area contributed by atoms with Crippen LogP contribution in [-0.2, 0) is 43.0 Å². The maximum atomic E-state index is 13.4. The number of carboxylic acids is 3. The molecule has 2 amide bonds. The second kappa shape index (κ2) is 59.6. The number of hydrogen-bond donors (Lipinski definition) is 4. The summed E-state index contributed by atoms with van der Waals surface area (Å²) < 4.78 is 11.0. The fourth-order valence-electron chi connectivity index (χ4n) is 9.50. The molecule has 0 aromatic rings. The lowest BCUT2D eigenvalue weighted by molar-refractivity contribution is -0.150. The van der Waals surface area contributed by atoms with E-state index in [9.17, 15) is 38.7 Å². The standard InChI is InChI=1S/C68H111N3O12/c1-3-5-7-9-11-13-15-17-19-21-23-25-27-29-31-33-35-37-39-41-43-45-50-66(78)82-57-55-70(63(73)53-52-62(72)69-54-48-47-49-61(68(80)81)71(59-64(74)75)60-65(76)77)56-58-83-67(79)51-46-44-42-40-38-36-34-32-30-28-26-24-22-20-18-16-14-12-10-8-6-4-2/h61H,3-24,33-60H2,1-2H3,(H,69,72)(H,74,75)(H,76,77)(H,80,81). The number of carbonyl (C=O) groups is 7. The van der Waals surface area contributed by atoms with Gasteiger partial charge in [-0.2, -0.15) is 0 Å². The number of unbranched alkanes of at least 4 members (excludes halogenated alkanes) is 33. The molecule has 0 aliphatic rings. The van der Waals surface area contributed by atoms with E-state index in [2.05, 4.69) is 66.5 Å². The summed E-state index contributed by atoms with van der Waals surface area (Å²) in [6.45, 7) is 3.17. The molecule has 4 N–H and O–H groups in total. The van der Waals surface area contributed by atoms with Gasteiger partial charge in [-0.05, 0) is 81.5 Å². The van der Waals surface area contributed by atoms with E-state index in [1.165, 1.54) is 120 Å². The third-order valence-electron chi connectivity index (χ3n) is 14.5. The van der Waals surface area contributed by atoms with Gasteiger partial charge in [0, 0.05) is 57.9 Å². The summed E-state index contributed by atoms with van der Waals surface area (Å²) in [7, 11) is 0. The lowest BCUT2D eigenvalue weighted by Crippen LogP contribution is -2.46. The number of amides is 2. The zero-order valence-electron chi connectivity index (χ0n) is 51.8. The fraction of sp³-hybridized carbons (Fsp3) is 0.779. The second-order valence-corrected chi connectivity index (χ2v) is 22.0. The van der Waals surface area contributed by atoms with Crippen LogP contribution in [0.2, 0.25) is 0 Å². The Kier molecular flexibility index (Phi) is 55.7. The molecule has 83 heavy (non-hydrogen) atoms. The predicted molar refractivity (Wildman–Crippen MR) is 331 cm³/mol. The zero-order chi connectivity index (χ0) is 60.9. The van der Waals surface area contributed by atoms with Gasteiger partial charge in [0.15, 0.2) is 0 Å². The van der Waals surface area contributed by atoms with E-state index in [1.807, 2.05) is 0 Å². The fourth-order valence-corrected chi connectivity index (χ4v) is 9.50. The Morgan fingerprint density at radius 1 is 0.410 bits per heavy atom. The molecular formula is C68H111N3O12. The Labute approximate surface area is 502 Å². The van der Waals surface area contributed by atoms with Gasteiger partial charge in [-0.1, -0.05) is 204 Å². The zero-order valence-corrected chi connectivity index (χ0v) is 51.8. The number of carboxylic acid groups (broad SMARTS) is 3. The minimum Gasteiger partial charge on any atom is -0.480 e. The molecular weight excluding hydrogens is 1050 g/mol. The number of nitrogens with one attached hydrogen (secondary N) is 1. The van der Waals surface area contributed by atoms with Crippen LogP contribution in [0, 0.1) is 47.4 Å². The van der Waals surface area contributed by atoms with Crippen molar-refractivity contribution in [1.82, 2.24) is 15.1 Å². The minimum atomic E-state index is -1.35. The average Bonchev–Trinajstić information content (AvgIpc) is 3.45.